The van der Waals surface area contributed by atoms with Gasteiger partial charge in [0.2, 0.25) is 0 Å². The fourth-order valence-electron chi connectivity index (χ4n) is 1.62. The SMILES string of the molecule is CCc1cc(Br)ccc1OCc1n[nH]c(=S)n1C. The zero-order valence-corrected chi connectivity index (χ0v) is 12.6. The van der Waals surface area contributed by atoms with Crippen molar-refractivity contribution in [3.05, 3.63) is 38.8 Å². The van der Waals surface area contributed by atoms with Crippen LogP contribution in [0.3, 0.4) is 0 Å². The highest BCUT2D eigenvalue weighted by molar-refractivity contribution is 9.10. The Labute approximate surface area is 119 Å². The van der Waals surface area contributed by atoms with E-state index in [-0.39, 0.29) is 0 Å². The van der Waals surface area contributed by atoms with E-state index < -0.39 is 0 Å². The number of rotatable bonds is 4. The van der Waals surface area contributed by atoms with Gasteiger partial charge in [0, 0.05) is 11.5 Å². The molecule has 0 saturated carbocycles. The van der Waals surface area contributed by atoms with E-state index in [1.54, 1.807) is 4.57 Å². The molecule has 0 bridgehead atoms. The van der Waals surface area contributed by atoms with Gasteiger partial charge in [-0.2, -0.15) is 5.10 Å². The molecule has 0 radical (unpaired) electrons. The van der Waals surface area contributed by atoms with Gasteiger partial charge in [-0.1, -0.05) is 22.9 Å². The van der Waals surface area contributed by atoms with Crippen LogP contribution in [0.5, 0.6) is 5.75 Å². The maximum Gasteiger partial charge on any atom is 0.194 e. The molecule has 4 nitrogen and oxygen atoms in total. The van der Waals surface area contributed by atoms with Crippen molar-refractivity contribution in [1.29, 1.82) is 0 Å². The van der Waals surface area contributed by atoms with E-state index in [0.717, 1.165) is 22.5 Å². The second-order valence-corrected chi connectivity index (χ2v) is 5.20. The van der Waals surface area contributed by atoms with Crippen molar-refractivity contribution in [2.45, 2.75) is 20.0 Å². The number of nitrogens with zero attached hydrogens (tertiary/aromatic N) is 2. The van der Waals surface area contributed by atoms with E-state index in [9.17, 15) is 0 Å². The molecule has 2 aromatic rings. The van der Waals surface area contributed by atoms with Gasteiger partial charge in [0.1, 0.15) is 12.4 Å². The third-order valence-electron chi connectivity index (χ3n) is 2.73. The number of halogens is 1. The molecule has 96 valence electrons. The highest BCUT2D eigenvalue weighted by Gasteiger charge is 2.06. The van der Waals surface area contributed by atoms with E-state index in [0.29, 0.717) is 11.4 Å². The molecule has 2 rings (SSSR count). The van der Waals surface area contributed by atoms with Crippen LogP contribution in [-0.2, 0) is 20.1 Å². The molecule has 0 saturated heterocycles. The Morgan fingerprint density at radius 3 is 2.89 bits per heavy atom. The van der Waals surface area contributed by atoms with E-state index in [1.165, 1.54) is 5.56 Å². The van der Waals surface area contributed by atoms with Crippen LogP contribution < -0.4 is 4.74 Å². The molecule has 0 amide bonds. The molecular formula is C12H14BrN3OS. The zero-order valence-electron chi connectivity index (χ0n) is 10.2. The number of ether oxygens (including phenoxy) is 1. The van der Waals surface area contributed by atoms with Crippen molar-refractivity contribution in [2.75, 3.05) is 0 Å². The number of hydrogen-bond donors (Lipinski definition) is 1. The predicted octanol–water partition coefficient (Wildman–Crippen LogP) is 3.38. The van der Waals surface area contributed by atoms with Crippen molar-refractivity contribution < 1.29 is 4.74 Å². The Morgan fingerprint density at radius 2 is 2.28 bits per heavy atom. The summed E-state index contributed by atoms with van der Waals surface area (Å²) in [6, 6.07) is 6.00. The van der Waals surface area contributed by atoms with Crippen molar-refractivity contribution in [3.63, 3.8) is 0 Å². The van der Waals surface area contributed by atoms with Crippen LogP contribution in [0.1, 0.15) is 18.3 Å². The number of aromatic amines is 1. The average molecular weight is 328 g/mol. The summed E-state index contributed by atoms with van der Waals surface area (Å²) in [6.45, 7) is 2.50. The summed E-state index contributed by atoms with van der Waals surface area (Å²) in [5.74, 6) is 1.67. The fraction of sp³-hybridized carbons (Fsp3) is 0.333. The maximum atomic E-state index is 5.79. The van der Waals surface area contributed by atoms with Gasteiger partial charge in [-0.15, -0.1) is 0 Å². The number of aromatic nitrogens is 3. The van der Waals surface area contributed by atoms with Gasteiger partial charge >= 0.3 is 0 Å². The van der Waals surface area contributed by atoms with Gasteiger partial charge in [0.15, 0.2) is 10.6 Å². The molecular weight excluding hydrogens is 314 g/mol. The maximum absolute atomic E-state index is 5.79. The highest BCUT2D eigenvalue weighted by Crippen LogP contribution is 2.24. The van der Waals surface area contributed by atoms with Crippen molar-refractivity contribution in [3.8, 4) is 5.75 Å². The minimum absolute atomic E-state index is 0.401. The molecule has 0 spiro atoms. The van der Waals surface area contributed by atoms with Gasteiger partial charge in [0.05, 0.1) is 0 Å². The van der Waals surface area contributed by atoms with Crippen LogP contribution in [0.25, 0.3) is 0 Å². The van der Waals surface area contributed by atoms with Gasteiger partial charge in [-0.05, 0) is 42.4 Å². The third-order valence-corrected chi connectivity index (χ3v) is 3.59. The lowest BCUT2D eigenvalue weighted by atomic mass is 10.1. The molecule has 18 heavy (non-hydrogen) atoms. The molecule has 0 aliphatic rings. The highest BCUT2D eigenvalue weighted by atomic mass is 79.9. The molecule has 0 aliphatic carbocycles. The molecule has 1 aromatic carbocycles. The van der Waals surface area contributed by atoms with E-state index in [2.05, 4.69) is 39.1 Å². The quantitative estimate of drug-likeness (QED) is 0.875. The molecule has 1 N–H and O–H groups in total. The average Bonchev–Trinajstić information content (AvgIpc) is 2.68. The summed E-state index contributed by atoms with van der Waals surface area (Å²) in [4.78, 5) is 0. The monoisotopic (exact) mass is 327 g/mol. The van der Waals surface area contributed by atoms with Gasteiger partial charge < -0.3 is 9.30 Å². The van der Waals surface area contributed by atoms with E-state index in [1.807, 2.05) is 19.2 Å². The smallest absolute Gasteiger partial charge is 0.194 e. The lowest BCUT2D eigenvalue weighted by Crippen LogP contribution is -2.04. The summed E-state index contributed by atoms with van der Waals surface area (Å²) < 4.78 is 9.26. The summed E-state index contributed by atoms with van der Waals surface area (Å²) in [5.41, 5.74) is 1.17. The Bertz CT molecular complexity index is 606. The minimum Gasteiger partial charge on any atom is -0.485 e. The van der Waals surface area contributed by atoms with Crippen molar-refractivity contribution in [1.82, 2.24) is 14.8 Å². The van der Waals surface area contributed by atoms with E-state index in [4.69, 9.17) is 17.0 Å². The second kappa shape index (κ2) is 5.67. The first-order valence-corrected chi connectivity index (χ1v) is 6.83. The summed E-state index contributed by atoms with van der Waals surface area (Å²) in [7, 11) is 1.87. The van der Waals surface area contributed by atoms with Crippen molar-refractivity contribution in [2.24, 2.45) is 7.05 Å². The van der Waals surface area contributed by atoms with Crippen LogP contribution in [0.4, 0.5) is 0 Å². The molecule has 6 heteroatoms. The summed E-state index contributed by atoms with van der Waals surface area (Å²) >= 11 is 8.51. The lowest BCUT2D eigenvalue weighted by Gasteiger charge is -2.10. The Morgan fingerprint density at radius 1 is 1.50 bits per heavy atom. The summed E-state index contributed by atoms with van der Waals surface area (Å²) in [5, 5.41) is 6.85. The van der Waals surface area contributed by atoms with Crippen LogP contribution in [0.15, 0.2) is 22.7 Å². The fourth-order valence-corrected chi connectivity index (χ4v) is 2.18. The number of aryl methyl sites for hydroxylation is 1. The largest absolute Gasteiger partial charge is 0.485 e. The molecule has 0 atom stereocenters. The summed E-state index contributed by atoms with van der Waals surface area (Å²) in [6.07, 6.45) is 0.924. The Hall–Kier alpha value is -1.14. The number of H-pyrrole nitrogens is 1. The van der Waals surface area contributed by atoms with Crippen LogP contribution in [-0.4, -0.2) is 14.8 Å². The van der Waals surface area contributed by atoms with Crippen LogP contribution in [0, 0.1) is 4.77 Å². The normalized spacial score (nSPS) is 10.6. The Balaban J connectivity index is 2.15. The molecule has 0 fully saturated rings. The van der Waals surface area contributed by atoms with Crippen LogP contribution >= 0.6 is 28.1 Å². The minimum atomic E-state index is 0.401. The first kappa shape index (κ1) is 13.3. The van der Waals surface area contributed by atoms with Gasteiger partial charge in [0.25, 0.3) is 0 Å². The van der Waals surface area contributed by atoms with E-state index >= 15 is 0 Å². The number of hydrogen-bond acceptors (Lipinski definition) is 3. The number of benzene rings is 1. The van der Waals surface area contributed by atoms with Gasteiger partial charge in [-0.3, -0.25) is 5.10 Å². The van der Waals surface area contributed by atoms with Crippen LogP contribution in [0.2, 0.25) is 0 Å². The molecule has 1 heterocycles. The molecule has 0 unspecified atom stereocenters. The lowest BCUT2D eigenvalue weighted by molar-refractivity contribution is 0.288. The van der Waals surface area contributed by atoms with Crippen molar-refractivity contribution >= 4 is 28.1 Å². The topological polar surface area (TPSA) is 42.8 Å². The Kier molecular flexibility index (Phi) is 4.19. The predicted molar refractivity (Wildman–Crippen MR) is 76.2 cm³/mol. The molecule has 1 aromatic heterocycles. The standard InChI is InChI=1S/C12H14BrN3OS/c1-3-8-6-9(13)4-5-10(8)17-7-11-14-15-12(18)16(11)2/h4-6H,3,7H2,1-2H3,(H,15,18). The molecule has 0 aliphatic heterocycles. The zero-order chi connectivity index (χ0) is 13.1. The second-order valence-electron chi connectivity index (χ2n) is 3.90. The first-order chi connectivity index (χ1) is 8.61. The van der Waals surface area contributed by atoms with Gasteiger partial charge in [-0.25, -0.2) is 0 Å². The third kappa shape index (κ3) is 2.81. The number of nitrogens with one attached hydrogen (secondary N) is 1. The first-order valence-electron chi connectivity index (χ1n) is 5.63.